The van der Waals surface area contributed by atoms with Crippen LogP contribution in [0.5, 0.6) is 0 Å². The van der Waals surface area contributed by atoms with Crippen molar-refractivity contribution in [2.45, 2.75) is 6.04 Å². The van der Waals surface area contributed by atoms with E-state index in [1.165, 1.54) is 16.4 Å². The normalized spacial score (nSPS) is 19.4. The van der Waals surface area contributed by atoms with Crippen LogP contribution in [0, 0.1) is 17.7 Å². The van der Waals surface area contributed by atoms with Crippen LogP contribution < -0.4 is 4.90 Å². The van der Waals surface area contributed by atoms with Crippen molar-refractivity contribution < 1.29 is 27.5 Å². The third kappa shape index (κ3) is 6.62. The summed E-state index contributed by atoms with van der Waals surface area (Å²) in [4.78, 5) is 14.5. The van der Waals surface area contributed by atoms with Gasteiger partial charge in [0.1, 0.15) is 12.4 Å². The molecule has 2 saturated heterocycles. The van der Waals surface area contributed by atoms with E-state index in [0.717, 1.165) is 5.69 Å². The molecule has 2 fully saturated rings. The van der Waals surface area contributed by atoms with Crippen molar-refractivity contribution in [2.24, 2.45) is 0 Å². The number of hydrogen-bond acceptors (Lipinski definition) is 7. The van der Waals surface area contributed by atoms with Gasteiger partial charge in [0.25, 0.3) is 0 Å². The number of sulfonamides is 1. The predicted molar refractivity (Wildman–Crippen MR) is 112 cm³/mol. The molecule has 9 nitrogen and oxygen atoms in total. The van der Waals surface area contributed by atoms with Gasteiger partial charge in [-0.3, -0.25) is 14.9 Å². The maximum Gasteiger partial charge on any atom is 0.234 e. The summed E-state index contributed by atoms with van der Waals surface area (Å²) in [5.74, 6) is 5.10. The summed E-state index contributed by atoms with van der Waals surface area (Å²) in [5.41, 5.74) is 0.860. The summed E-state index contributed by atoms with van der Waals surface area (Å²) in [6, 6.07) is 5.59. The minimum atomic E-state index is -3.58. The van der Waals surface area contributed by atoms with Crippen molar-refractivity contribution in [1.82, 2.24) is 14.3 Å². The minimum absolute atomic E-state index is 0.178. The highest BCUT2D eigenvalue weighted by Gasteiger charge is 2.32. The molecule has 2 aliphatic rings. The van der Waals surface area contributed by atoms with Crippen LogP contribution in [-0.4, -0.2) is 105 Å². The van der Waals surface area contributed by atoms with Gasteiger partial charge in [-0.2, -0.15) is 4.31 Å². The van der Waals surface area contributed by atoms with Crippen LogP contribution in [0.3, 0.4) is 0 Å². The molecule has 2 heterocycles. The van der Waals surface area contributed by atoms with Gasteiger partial charge in [-0.1, -0.05) is 11.8 Å². The van der Waals surface area contributed by atoms with Crippen LogP contribution in [0.2, 0.25) is 0 Å². The van der Waals surface area contributed by atoms with Crippen molar-refractivity contribution in [3.05, 3.63) is 30.1 Å². The summed E-state index contributed by atoms with van der Waals surface area (Å²) < 4.78 is 46.1. The number of carbonyl (C=O) groups excluding carboxylic acids is 1. The van der Waals surface area contributed by atoms with E-state index in [0.29, 0.717) is 57.5 Å². The van der Waals surface area contributed by atoms with Gasteiger partial charge >= 0.3 is 0 Å². The number of hydrogen-bond donors (Lipinski definition) is 1. The zero-order valence-corrected chi connectivity index (χ0v) is 18.0. The van der Waals surface area contributed by atoms with Crippen LogP contribution in [0.4, 0.5) is 10.1 Å². The number of carbonyl (C=O) groups is 1. The molecule has 31 heavy (non-hydrogen) atoms. The van der Waals surface area contributed by atoms with Crippen LogP contribution in [0.1, 0.15) is 0 Å². The fraction of sp³-hybridized carbons (Fsp3) is 0.550. The SMILES string of the molecule is O=CN(O)CC#CC(CS(=O)(=O)N1CCN(c2ccc(F)cc2)CC1)N1CCOCC1. The zero-order valence-electron chi connectivity index (χ0n) is 17.2. The van der Waals surface area contributed by atoms with Gasteiger partial charge in [0, 0.05) is 45.0 Å². The van der Waals surface area contributed by atoms with E-state index in [9.17, 15) is 22.8 Å². The molecule has 0 spiro atoms. The Bertz CT molecular complexity index is 888. The van der Waals surface area contributed by atoms with Crippen molar-refractivity contribution in [3.63, 3.8) is 0 Å². The average molecular weight is 455 g/mol. The summed E-state index contributed by atoms with van der Waals surface area (Å²) in [6.45, 7) is 3.60. The van der Waals surface area contributed by atoms with Crippen LogP contribution in [0.15, 0.2) is 24.3 Å². The molecular weight excluding hydrogens is 427 g/mol. The van der Waals surface area contributed by atoms with E-state index < -0.39 is 16.1 Å². The number of benzene rings is 1. The van der Waals surface area contributed by atoms with Crippen molar-refractivity contribution in [3.8, 4) is 11.8 Å². The summed E-state index contributed by atoms with van der Waals surface area (Å²) >= 11 is 0. The van der Waals surface area contributed by atoms with Gasteiger partial charge in [0.15, 0.2) is 0 Å². The first-order valence-electron chi connectivity index (χ1n) is 10.1. The smallest absolute Gasteiger partial charge is 0.234 e. The van der Waals surface area contributed by atoms with Gasteiger partial charge in [0.2, 0.25) is 16.4 Å². The summed E-state index contributed by atoms with van der Waals surface area (Å²) in [6.07, 6.45) is 0.246. The van der Waals surface area contributed by atoms with Gasteiger partial charge in [-0.15, -0.1) is 0 Å². The second kappa shape index (κ2) is 10.9. The minimum Gasteiger partial charge on any atom is -0.379 e. The van der Waals surface area contributed by atoms with E-state index in [2.05, 4.69) is 11.8 Å². The molecule has 11 heteroatoms. The Labute approximate surface area is 182 Å². The molecule has 3 rings (SSSR count). The molecule has 0 bridgehead atoms. The Morgan fingerprint density at radius 2 is 1.77 bits per heavy atom. The Balaban J connectivity index is 1.64. The number of hydroxylamine groups is 2. The fourth-order valence-electron chi connectivity index (χ4n) is 3.59. The Kier molecular flexibility index (Phi) is 8.22. The average Bonchev–Trinajstić information content (AvgIpc) is 2.79. The molecule has 0 radical (unpaired) electrons. The molecule has 0 aromatic heterocycles. The predicted octanol–water partition coefficient (Wildman–Crippen LogP) is -0.171. The lowest BCUT2D eigenvalue weighted by Gasteiger charge is -2.37. The number of amides is 1. The van der Waals surface area contributed by atoms with E-state index in [-0.39, 0.29) is 24.5 Å². The third-order valence-corrected chi connectivity index (χ3v) is 7.20. The quantitative estimate of drug-likeness (QED) is 0.265. The number of anilines is 1. The first-order chi connectivity index (χ1) is 14.9. The standard InChI is InChI=1S/C20H27FN4O5S/c21-18-3-5-19(6-4-18)22-8-10-25(11-9-22)31(28,29)16-20(2-1-7-24(27)17-26)23-12-14-30-15-13-23/h3-6,17,20,27H,7-16H2. The number of piperazine rings is 1. The molecule has 1 amide bonds. The molecule has 0 saturated carbocycles. The first kappa shape index (κ1) is 23.4. The number of nitrogens with zero attached hydrogens (tertiary/aromatic N) is 4. The molecule has 170 valence electrons. The lowest BCUT2D eigenvalue weighted by molar-refractivity contribution is -0.146. The maximum absolute atomic E-state index is 13.1. The van der Waals surface area contributed by atoms with E-state index in [4.69, 9.17) is 4.74 Å². The first-order valence-corrected chi connectivity index (χ1v) is 11.7. The van der Waals surface area contributed by atoms with Crippen molar-refractivity contribution in [2.75, 3.05) is 69.7 Å². The highest BCUT2D eigenvalue weighted by Crippen LogP contribution is 2.19. The Hall–Kier alpha value is -2.23. The lowest BCUT2D eigenvalue weighted by atomic mass is 10.2. The zero-order chi connectivity index (χ0) is 22.3. The van der Waals surface area contributed by atoms with E-state index >= 15 is 0 Å². The number of rotatable bonds is 7. The van der Waals surface area contributed by atoms with Crippen LogP contribution in [-0.2, 0) is 19.6 Å². The second-order valence-corrected chi connectivity index (χ2v) is 9.34. The highest BCUT2D eigenvalue weighted by atomic mass is 32.2. The Morgan fingerprint density at radius 3 is 2.39 bits per heavy atom. The molecule has 0 aliphatic carbocycles. The topological polar surface area (TPSA) is 93.6 Å². The van der Waals surface area contributed by atoms with Gasteiger partial charge < -0.3 is 9.64 Å². The van der Waals surface area contributed by atoms with Gasteiger partial charge in [-0.25, -0.2) is 17.9 Å². The monoisotopic (exact) mass is 454 g/mol. The largest absolute Gasteiger partial charge is 0.379 e. The maximum atomic E-state index is 13.1. The molecule has 1 aromatic carbocycles. The molecule has 2 aliphatic heterocycles. The summed E-state index contributed by atoms with van der Waals surface area (Å²) in [7, 11) is -3.58. The molecule has 1 atom stereocenters. The summed E-state index contributed by atoms with van der Waals surface area (Å²) in [5, 5.41) is 9.64. The fourth-order valence-corrected chi connectivity index (χ4v) is 5.21. The number of morpholine rings is 1. The third-order valence-electron chi connectivity index (χ3n) is 5.31. The van der Waals surface area contributed by atoms with Gasteiger partial charge in [-0.05, 0) is 24.3 Å². The molecular formula is C20H27FN4O5S. The molecule has 1 N–H and O–H groups in total. The van der Waals surface area contributed by atoms with Crippen LogP contribution in [0.25, 0.3) is 0 Å². The number of ether oxygens (including phenoxy) is 1. The second-order valence-electron chi connectivity index (χ2n) is 7.33. The van der Waals surface area contributed by atoms with Crippen LogP contribution >= 0.6 is 0 Å². The van der Waals surface area contributed by atoms with E-state index in [1.807, 2.05) is 9.80 Å². The highest BCUT2D eigenvalue weighted by molar-refractivity contribution is 7.89. The molecule has 1 aromatic rings. The number of halogens is 1. The molecule has 1 unspecified atom stereocenters. The van der Waals surface area contributed by atoms with Gasteiger partial charge in [0.05, 0.1) is 25.0 Å². The lowest BCUT2D eigenvalue weighted by Crippen LogP contribution is -2.52. The van der Waals surface area contributed by atoms with Crippen molar-refractivity contribution in [1.29, 1.82) is 0 Å². The van der Waals surface area contributed by atoms with E-state index in [1.54, 1.807) is 12.1 Å². The van der Waals surface area contributed by atoms with Crippen molar-refractivity contribution >= 4 is 22.1 Å². The Morgan fingerprint density at radius 1 is 1.13 bits per heavy atom.